The number of hydrogen-bond donors (Lipinski definition) is 1. The predicted octanol–water partition coefficient (Wildman–Crippen LogP) is 2.08. The Labute approximate surface area is 106 Å². The Kier molecular flexibility index (Phi) is 4.13. The van der Waals surface area contributed by atoms with Gasteiger partial charge >= 0.3 is 18.1 Å². The maximum atomic E-state index is 12.5. The lowest BCUT2D eigenvalue weighted by atomic mass is 10.2. The Morgan fingerprint density at radius 1 is 1.37 bits per heavy atom. The van der Waals surface area contributed by atoms with Crippen molar-refractivity contribution in [1.82, 2.24) is 4.98 Å². The van der Waals surface area contributed by atoms with E-state index < -0.39 is 35.5 Å². The SMILES string of the molecule is CC(C)N(C(=O)C(F)(F)F)c1ncccc1C(=O)O. The molecular weight excluding hydrogens is 265 g/mol. The molecule has 0 fully saturated rings. The zero-order valence-corrected chi connectivity index (χ0v) is 10.1. The molecule has 104 valence electrons. The zero-order chi connectivity index (χ0) is 14.8. The molecule has 0 radical (unpaired) electrons. The van der Waals surface area contributed by atoms with Crippen molar-refractivity contribution in [3.63, 3.8) is 0 Å². The van der Waals surface area contributed by atoms with Crippen molar-refractivity contribution in [3.05, 3.63) is 23.9 Å². The molecule has 0 aliphatic heterocycles. The van der Waals surface area contributed by atoms with Crippen molar-refractivity contribution in [2.24, 2.45) is 0 Å². The summed E-state index contributed by atoms with van der Waals surface area (Å²) in [6.07, 6.45) is -3.97. The van der Waals surface area contributed by atoms with Gasteiger partial charge in [0.25, 0.3) is 0 Å². The van der Waals surface area contributed by atoms with Gasteiger partial charge in [-0.2, -0.15) is 13.2 Å². The molecule has 1 rings (SSSR count). The molecular formula is C11H11F3N2O3. The van der Waals surface area contributed by atoms with Crippen LogP contribution >= 0.6 is 0 Å². The van der Waals surface area contributed by atoms with Crippen LogP contribution in [0, 0.1) is 0 Å². The first-order chi connectivity index (χ1) is 8.66. The molecule has 1 N–H and O–H groups in total. The zero-order valence-electron chi connectivity index (χ0n) is 10.1. The second-order valence-corrected chi connectivity index (χ2v) is 3.95. The summed E-state index contributed by atoms with van der Waals surface area (Å²) >= 11 is 0. The van der Waals surface area contributed by atoms with Crippen LogP contribution in [0.25, 0.3) is 0 Å². The molecule has 0 saturated carbocycles. The number of amides is 1. The molecule has 8 heteroatoms. The Morgan fingerprint density at radius 3 is 2.37 bits per heavy atom. The topological polar surface area (TPSA) is 70.5 Å². The number of rotatable bonds is 3. The Bertz CT molecular complexity index is 500. The van der Waals surface area contributed by atoms with Gasteiger partial charge in [-0.15, -0.1) is 0 Å². The summed E-state index contributed by atoms with van der Waals surface area (Å²) in [5, 5.41) is 8.92. The van der Waals surface area contributed by atoms with Crippen molar-refractivity contribution in [3.8, 4) is 0 Å². The van der Waals surface area contributed by atoms with E-state index >= 15 is 0 Å². The number of carboxylic acid groups (broad SMARTS) is 1. The van der Waals surface area contributed by atoms with Gasteiger partial charge in [0.15, 0.2) is 0 Å². The number of carbonyl (C=O) groups is 2. The number of aromatic nitrogens is 1. The van der Waals surface area contributed by atoms with E-state index in [0.29, 0.717) is 4.90 Å². The Hall–Kier alpha value is -2.12. The molecule has 1 heterocycles. The van der Waals surface area contributed by atoms with E-state index in [1.54, 1.807) is 0 Å². The number of nitrogens with zero attached hydrogens (tertiary/aromatic N) is 2. The summed E-state index contributed by atoms with van der Waals surface area (Å²) in [6.45, 7) is 2.67. The Morgan fingerprint density at radius 2 is 1.95 bits per heavy atom. The van der Waals surface area contributed by atoms with E-state index in [1.165, 1.54) is 19.9 Å². The van der Waals surface area contributed by atoms with Crippen molar-refractivity contribution >= 4 is 17.7 Å². The predicted molar refractivity (Wildman–Crippen MR) is 59.9 cm³/mol. The number of alkyl halides is 3. The van der Waals surface area contributed by atoms with Crippen LogP contribution < -0.4 is 4.90 Å². The van der Waals surface area contributed by atoms with E-state index in [9.17, 15) is 22.8 Å². The van der Waals surface area contributed by atoms with Crippen molar-refractivity contribution < 1.29 is 27.9 Å². The average Bonchev–Trinajstić information content (AvgIpc) is 2.27. The summed E-state index contributed by atoms with van der Waals surface area (Å²) in [5.74, 6) is -4.13. The normalized spacial score (nSPS) is 11.5. The third-order valence-corrected chi connectivity index (χ3v) is 2.22. The molecule has 0 spiro atoms. The molecule has 0 atom stereocenters. The largest absolute Gasteiger partial charge is 0.478 e. The van der Waals surface area contributed by atoms with Crippen LogP contribution in [-0.4, -0.2) is 34.2 Å². The minimum Gasteiger partial charge on any atom is -0.478 e. The van der Waals surface area contributed by atoms with Crippen molar-refractivity contribution in [2.45, 2.75) is 26.1 Å². The number of pyridine rings is 1. The average molecular weight is 276 g/mol. The third kappa shape index (κ3) is 3.21. The van der Waals surface area contributed by atoms with Crippen LogP contribution in [0.5, 0.6) is 0 Å². The number of carbonyl (C=O) groups excluding carboxylic acids is 1. The van der Waals surface area contributed by atoms with Crippen LogP contribution in [0.3, 0.4) is 0 Å². The van der Waals surface area contributed by atoms with E-state index in [-0.39, 0.29) is 0 Å². The maximum absolute atomic E-state index is 12.5. The van der Waals surface area contributed by atoms with Crippen LogP contribution in [-0.2, 0) is 4.79 Å². The maximum Gasteiger partial charge on any atom is 0.471 e. The first-order valence-corrected chi connectivity index (χ1v) is 5.25. The summed E-state index contributed by atoms with van der Waals surface area (Å²) < 4.78 is 37.5. The standard InChI is InChI=1S/C11H11F3N2O3/c1-6(2)16(10(19)11(12,13)14)8-7(9(17)18)4-3-5-15-8/h3-6H,1-2H3,(H,17,18). The highest BCUT2D eigenvalue weighted by Crippen LogP contribution is 2.26. The lowest BCUT2D eigenvalue weighted by molar-refractivity contribution is -0.170. The van der Waals surface area contributed by atoms with E-state index in [4.69, 9.17) is 5.11 Å². The lowest BCUT2D eigenvalue weighted by Gasteiger charge is -2.27. The fourth-order valence-electron chi connectivity index (χ4n) is 1.47. The van der Waals surface area contributed by atoms with Gasteiger partial charge in [0.05, 0.1) is 0 Å². The number of anilines is 1. The number of aromatic carboxylic acids is 1. The van der Waals surface area contributed by atoms with E-state index in [0.717, 1.165) is 12.3 Å². The molecule has 1 aromatic heterocycles. The molecule has 0 saturated heterocycles. The highest BCUT2D eigenvalue weighted by molar-refractivity contribution is 6.02. The molecule has 0 aliphatic carbocycles. The highest BCUT2D eigenvalue weighted by atomic mass is 19.4. The van der Waals surface area contributed by atoms with Gasteiger partial charge in [-0.05, 0) is 26.0 Å². The first kappa shape index (κ1) is 14.9. The molecule has 0 bridgehead atoms. The summed E-state index contributed by atoms with van der Waals surface area (Å²) in [4.78, 5) is 26.2. The van der Waals surface area contributed by atoms with Crippen molar-refractivity contribution in [2.75, 3.05) is 4.90 Å². The second-order valence-electron chi connectivity index (χ2n) is 3.95. The number of carboxylic acids is 1. The van der Waals surface area contributed by atoms with Gasteiger partial charge in [-0.3, -0.25) is 9.69 Å². The van der Waals surface area contributed by atoms with E-state index in [2.05, 4.69) is 4.98 Å². The molecule has 0 aromatic carbocycles. The third-order valence-electron chi connectivity index (χ3n) is 2.22. The lowest BCUT2D eigenvalue weighted by Crippen LogP contribution is -2.46. The van der Waals surface area contributed by atoms with Gasteiger partial charge in [0.1, 0.15) is 11.4 Å². The molecule has 0 aliphatic rings. The van der Waals surface area contributed by atoms with Crippen LogP contribution in [0.4, 0.5) is 19.0 Å². The molecule has 0 unspecified atom stereocenters. The smallest absolute Gasteiger partial charge is 0.471 e. The van der Waals surface area contributed by atoms with Crippen LogP contribution in [0.2, 0.25) is 0 Å². The quantitative estimate of drug-likeness (QED) is 0.917. The molecule has 1 amide bonds. The molecule has 19 heavy (non-hydrogen) atoms. The van der Waals surface area contributed by atoms with Crippen LogP contribution in [0.15, 0.2) is 18.3 Å². The fourth-order valence-corrected chi connectivity index (χ4v) is 1.47. The monoisotopic (exact) mass is 276 g/mol. The summed E-state index contributed by atoms with van der Waals surface area (Å²) in [5.41, 5.74) is -0.464. The first-order valence-electron chi connectivity index (χ1n) is 5.25. The minimum atomic E-state index is -5.10. The highest BCUT2D eigenvalue weighted by Gasteiger charge is 2.45. The van der Waals surface area contributed by atoms with Gasteiger partial charge in [0.2, 0.25) is 0 Å². The summed E-state index contributed by atoms with van der Waals surface area (Å²) in [6, 6.07) is 1.47. The molecule has 1 aromatic rings. The Balaban J connectivity index is 3.37. The molecule has 5 nitrogen and oxygen atoms in total. The number of hydrogen-bond acceptors (Lipinski definition) is 3. The van der Waals surface area contributed by atoms with Crippen LogP contribution in [0.1, 0.15) is 24.2 Å². The van der Waals surface area contributed by atoms with Crippen molar-refractivity contribution in [1.29, 1.82) is 0 Å². The van der Waals surface area contributed by atoms with Gasteiger partial charge in [-0.1, -0.05) is 0 Å². The van der Waals surface area contributed by atoms with E-state index in [1.807, 2.05) is 0 Å². The number of halogens is 3. The van der Waals surface area contributed by atoms with Gasteiger partial charge in [0, 0.05) is 12.2 Å². The fraction of sp³-hybridized carbons (Fsp3) is 0.364. The second kappa shape index (κ2) is 5.25. The summed E-state index contributed by atoms with van der Waals surface area (Å²) in [7, 11) is 0. The van der Waals surface area contributed by atoms with Gasteiger partial charge in [-0.25, -0.2) is 9.78 Å². The minimum absolute atomic E-state index is 0.323. The van der Waals surface area contributed by atoms with Gasteiger partial charge < -0.3 is 5.11 Å².